The highest BCUT2D eigenvalue weighted by Crippen LogP contribution is 2.26. The van der Waals surface area contributed by atoms with Gasteiger partial charge in [-0.3, -0.25) is 4.79 Å². The molecule has 0 bridgehead atoms. The summed E-state index contributed by atoms with van der Waals surface area (Å²) in [5.74, 6) is -0.449. The Morgan fingerprint density at radius 3 is 2.64 bits per heavy atom. The van der Waals surface area contributed by atoms with Crippen molar-refractivity contribution in [2.24, 2.45) is 5.73 Å². The maximum Gasteiger partial charge on any atom is 0.250 e. The number of rotatable bonds is 5. The predicted octanol–water partition coefficient (Wildman–Crippen LogP) is 3.26. The molecule has 0 atom stereocenters. The first-order valence-electron chi connectivity index (χ1n) is 8.59. The molecule has 3 N–H and O–H groups in total. The van der Waals surface area contributed by atoms with E-state index in [1.54, 1.807) is 6.07 Å². The highest BCUT2D eigenvalue weighted by molar-refractivity contribution is 5.99. The van der Waals surface area contributed by atoms with Crippen LogP contribution in [0.25, 0.3) is 0 Å². The second-order valence-corrected chi connectivity index (χ2v) is 6.26. The van der Waals surface area contributed by atoms with E-state index in [-0.39, 0.29) is 0 Å². The third kappa shape index (κ3) is 3.92. The Bertz CT molecular complexity index is 804. The number of carbonyl (C=O) groups is 1. The van der Waals surface area contributed by atoms with E-state index in [1.165, 1.54) is 19.3 Å². The second kappa shape index (κ2) is 7.71. The minimum Gasteiger partial charge on any atom is -0.380 e. The van der Waals surface area contributed by atoms with Gasteiger partial charge in [-0.1, -0.05) is 18.2 Å². The molecule has 1 aliphatic heterocycles. The molecule has 1 amide bonds. The molecular weight excluding hydrogens is 312 g/mol. The van der Waals surface area contributed by atoms with Crippen LogP contribution in [0, 0.1) is 11.3 Å². The Labute approximate surface area is 148 Å². The summed E-state index contributed by atoms with van der Waals surface area (Å²) in [5.41, 5.74) is 9.32. The van der Waals surface area contributed by atoms with E-state index in [0.29, 0.717) is 23.4 Å². The first-order valence-corrected chi connectivity index (χ1v) is 8.59. The fraction of sp³-hybridized carbons (Fsp3) is 0.300. The zero-order valence-corrected chi connectivity index (χ0v) is 14.2. The van der Waals surface area contributed by atoms with Gasteiger partial charge in [0.05, 0.1) is 17.2 Å². The lowest BCUT2D eigenvalue weighted by Gasteiger charge is -2.29. The maximum absolute atomic E-state index is 11.9. The molecule has 5 heteroatoms. The predicted molar refractivity (Wildman–Crippen MR) is 99.5 cm³/mol. The van der Waals surface area contributed by atoms with Crippen LogP contribution in [-0.4, -0.2) is 19.0 Å². The zero-order chi connectivity index (χ0) is 17.6. The summed E-state index contributed by atoms with van der Waals surface area (Å²) < 4.78 is 0. The fourth-order valence-electron chi connectivity index (χ4n) is 3.21. The van der Waals surface area contributed by atoms with Crippen molar-refractivity contribution in [2.45, 2.75) is 25.8 Å². The molecule has 2 aromatic carbocycles. The molecule has 128 valence electrons. The molecule has 1 aliphatic rings. The van der Waals surface area contributed by atoms with E-state index in [9.17, 15) is 10.1 Å². The summed E-state index contributed by atoms with van der Waals surface area (Å²) >= 11 is 0. The SMILES string of the molecule is N#Cc1ccccc1CNc1ccc(N2CCCCC2)cc1C(N)=O. The topological polar surface area (TPSA) is 82.2 Å². The summed E-state index contributed by atoms with van der Waals surface area (Å²) in [6, 6.07) is 15.4. The van der Waals surface area contributed by atoms with Crippen LogP contribution in [0.5, 0.6) is 0 Å². The van der Waals surface area contributed by atoms with Crippen LogP contribution >= 0.6 is 0 Å². The number of carbonyl (C=O) groups excluding carboxylic acids is 1. The minimum absolute atomic E-state index is 0.449. The van der Waals surface area contributed by atoms with Gasteiger partial charge in [0.1, 0.15) is 0 Å². The Morgan fingerprint density at radius 1 is 1.16 bits per heavy atom. The number of piperidine rings is 1. The van der Waals surface area contributed by atoms with Crippen molar-refractivity contribution in [3.8, 4) is 6.07 Å². The Hall–Kier alpha value is -3.00. The van der Waals surface area contributed by atoms with Gasteiger partial charge in [0.15, 0.2) is 0 Å². The summed E-state index contributed by atoms with van der Waals surface area (Å²) in [5, 5.41) is 12.4. The van der Waals surface area contributed by atoms with Gasteiger partial charge in [-0.15, -0.1) is 0 Å². The molecule has 0 saturated carbocycles. The first-order chi connectivity index (χ1) is 12.2. The van der Waals surface area contributed by atoms with Gasteiger partial charge in [0, 0.05) is 31.0 Å². The number of primary amides is 1. The van der Waals surface area contributed by atoms with E-state index < -0.39 is 5.91 Å². The van der Waals surface area contributed by atoms with Crippen molar-refractivity contribution in [3.05, 3.63) is 59.2 Å². The molecule has 1 heterocycles. The van der Waals surface area contributed by atoms with Crippen LogP contribution in [0.3, 0.4) is 0 Å². The quantitative estimate of drug-likeness (QED) is 0.879. The Morgan fingerprint density at radius 2 is 1.92 bits per heavy atom. The van der Waals surface area contributed by atoms with Crippen LogP contribution in [0.4, 0.5) is 11.4 Å². The van der Waals surface area contributed by atoms with Crippen LogP contribution in [0.2, 0.25) is 0 Å². The summed E-state index contributed by atoms with van der Waals surface area (Å²) in [7, 11) is 0. The molecule has 25 heavy (non-hydrogen) atoms. The molecule has 0 radical (unpaired) electrons. The van der Waals surface area contributed by atoms with Gasteiger partial charge >= 0.3 is 0 Å². The molecule has 0 unspecified atom stereocenters. The van der Waals surface area contributed by atoms with Gasteiger partial charge in [-0.2, -0.15) is 5.26 Å². The minimum atomic E-state index is -0.449. The summed E-state index contributed by atoms with van der Waals surface area (Å²) in [6.45, 7) is 2.49. The van der Waals surface area contributed by atoms with E-state index in [0.717, 1.165) is 24.3 Å². The first kappa shape index (κ1) is 16.8. The van der Waals surface area contributed by atoms with Crippen molar-refractivity contribution in [1.29, 1.82) is 5.26 Å². The molecule has 1 saturated heterocycles. The van der Waals surface area contributed by atoms with Crippen molar-refractivity contribution in [1.82, 2.24) is 0 Å². The standard InChI is InChI=1S/C20H22N4O/c21-13-15-6-2-3-7-16(15)14-23-19-9-8-17(12-18(19)20(22)25)24-10-4-1-5-11-24/h2-3,6-9,12,23H,1,4-5,10-11,14H2,(H2,22,25). The van der Waals surface area contributed by atoms with Crippen molar-refractivity contribution in [3.63, 3.8) is 0 Å². The number of hydrogen-bond donors (Lipinski definition) is 2. The lowest BCUT2D eigenvalue weighted by molar-refractivity contribution is 0.100. The van der Waals surface area contributed by atoms with E-state index in [2.05, 4.69) is 16.3 Å². The Kier molecular flexibility index (Phi) is 5.20. The summed E-state index contributed by atoms with van der Waals surface area (Å²) in [4.78, 5) is 14.2. The van der Waals surface area contributed by atoms with Crippen LogP contribution in [0.15, 0.2) is 42.5 Å². The number of nitrogens with one attached hydrogen (secondary N) is 1. The van der Waals surface area contributed by atoms with Crippen molar-refractivity contribution < 1.29 is 4.79 Å². The van der Waals surface area contributed by atoms with Gasteiger partial charge in [-0.05, 0) is 49.1 Å². The number of nitriles is 1. The van der Waals surface area contributed by atoms with Gasteiger partial charge < -0.3 is 16.0 Å². The normalized spacial score (nSPS) is 14.0. The largest absolute Gasteiger partial charge is 0.380 e. The van der Waals surface area contributed by atoms with E-state index in [1.807, 2.05) is 36.4 Å². The highest BCUT2D eigenvalue weighted by Gasteiger charge is 2.15. The number of benzene rings is 2. The van der Waals surface area contributed by atoms with Crippen molar-refractivity contribution >= 4 is 17.3 Å². The molecule has 0 aromatic heterocycles. The average molecular weight is 334 g/mol. The molecule has 0 spiro atoms. The molecule has 0 aliphatic carbocycles. The number of nitrogens with two attached hydrogens (primary N) is 1. The smallest absolute Gasteiger partial charge is 0.250 e. The second-order valence-electron chi connectivity index (χ2n) is 6.26. The number of anilines is 2. The fourth-order valence-corrected chi connectivity index (χ4v) is 3.21. The monoisotopic (exact) mass is 334 g/mol. The average Bonchev–Trinajstić information content (AvgIpc) is 2.67. The Balaban J connectivity index is 1.81. The number of hydrogen-bond acceptors (Lipinski definition) is 4. The van der Waals surface area contributed by atoms with Crippen LogP contribution < -0.4 is 16.0 Å². The van der Waals surface area contributed by atoms with E-state index in [4.69, 9.17) is 5.73 Å². The molecule has 3 rings (SSSR count). The third-order valence-electron chi connectivity index (χ3n) is 4.60. The van der Waals surface area contributed by atoms with Crippen LogP contribution in [-0.2, 0) is 6.54 Å². The van der Waals surface area contributed by atoms with Gasteiger partial charge in [-0.25, -0.2) is 0 Å². The van der Waals surface area contributed by atoms with Crippen molar-refractivity contribution in [2.75, 3.05) is 23.3 Å². The van der Waals surface area contributed by atoms with Gasteiger partial charge in [0.2, 0.25) is 0 Å². The molecule has 2 aromatic rings. The maximum atomic E-state index is 11.9. The third-order valence-corrected chi connectivity index (χ3v) is 4.60. The lowest BCUT2D eigenvalue weighted by Crippen LogP contribution is -2.29. The molecular formula is C20H22N4O. The van der Waals surface area contributed by atoms with Crippen LogP contribution in [0.1, 0.15) is 40.7 Å². The molecule has 5 nitrogen and oxygen atoms in total. The number of nitrogens with zero attached hydrogens (tertiary/aromatic N) is 2. The summed E-state index contributed by atoms with van der Waals surface area (Å²) in [6.07, 6.45) is 3.62. The lowest BCUT2D eigenvalue weighted by atomic mass is 10.1. The number of amides is 1. The zero-order valence-electron chi connectivity index (χ0n) is 14.2. The highest BCUT2D eigenvalue weighted by atomic mass is 16.1. The molecule has 1 fully saturated rings. The van der Waals surface area contributed by atoms with E-state index >= 15 is 0 Å². The van der Waals surface area contributed by atoms with Gasteiger partial charge in [0.25, 0.3) is 5.91 Å².